The van der Waals surface area contributed by atoms with Gasteiger partial charge in [0.1, 0.15) is 5.69 Å². The zero-order valence-corrected chi connectivity index (χ0v) is 14.0. The van der Waals surface area contributed by atoms with E-state index in [0.717, 1.165) is 38.3 Å². The smallest absolute Gasteiger partial charge is 0.250 e. The molecule has 0 bridgehead atoms. The SMILES string of the molecule is O=c1c(-c2ccccc2)c(N2CCN(Cc3ccccc3)CC2)c1=O. The second kappa shape index (κ2) is 6.65. The number of piperazine rings is 1. The molecule has 0 unspecified atom stereocenters. The number of nitrogens with zero attached hydrogens (tertiary/aromatic N) is 2. The molecule has 1 aliphatic rings. The summed E-state index contributed by atoms with van der Waals surface area (Å²) in [5.74, 6) is 0. The van der Waals surface area contributed by atoms with Gasteiger partial charge in [-0.25, -0.2) is 0 Å². The van der Waals surface area contributed by atoms with Crippen LogP contribution in [-0.2, 0) is 6.54 Å². The summed E-state index contributed by atoms with van der Waals surface area (Å²) in [6.45, 7) is 4.26. The molecule has 1 fully saturated rings. The summed E-state index contributed by atoms with van der Waals surface area (Å²) < 4.78 is 0. The van der Waals surface area contributed by atoms with E-state index in [1.54, 1.807) is 0 Å². The molecule has 0 amide bonds. The van der Waals surface area contributed by atoms with Gasteiger partial charge >= 0.3 is 0 Å². The molecule has 1 aliphatic heterocycles. The van der Waals surface area contributed by atoms with Crippen LogP contribution in [0, 0.1) is 0 Å². The Bertz CT molecular complexity index is 920. The van der Waals surface area contributed by atoms with Crippen molar-refractivity contribution >= 4 is 5.69 Å². The Labute approximate surface area is 146 Å². The van der Waals surface area contributed by atoms with E-state index < -0.39 is 0 Å². The molecule has 4 nitrogen and oxygen atoms in total. The molecule has 3 aromatic carbocycles. The monoisotopic (exact) mass is 332 g/mol. The summed E-state index contributed by atoms with van der Waals surface area (Å²) in [6, 6.07) is 19.9. The van der Waals surface area contributed by atoms with Gasteiger partial charge in [0, 0.05) is 32.7 Å². The highest BCUT2D eigenvalue weighted by atomic mass is 16.2. The molecule has 126 valence electrons. The van der Waals surface area contributed by atoms with Crippen molar-refractivity contribution in [3.63, 3.8) is 0 Å². The first-order valence-electron chi connectivity index (χ1n) is 8.64. The van der Waals surface area contributed by atoms with E-state index in [1.807, 2.05) is 36.4 Å². The zero-order valence-electron chi connectivity index (χ0n) is 14.0. The normalized spacial score (nSPS) is 15.6. The van der Waals surface area contributed by atoms with Crippen molar-refractivity contribution in [3.8, 4) is 11.1 Å². The lowest BCUT2D eigenvalue weighted by molar-refractivity contribution is 0.249. The van der Waals surface area contributed by atoms with E-state index in [1.165, 1.54) is 5.56 Å². The molecule has 0 atom stereocenters. The lowest BCUT2D eigenvalue weighted by Gasteiger charge is -2.37. The first-order valence-corrected chi connectivity index (χ1v) is 8.64. The van der Waals surface area contributed by atoms with Gasteiger partial charge in [-0.15, -0.1) is 0 Å². The third-order valence-corrected chi connectivity index (χ3v) is 4.89. The van der Waals surface area contributed by atoms with E-state index >= 15 is 0 Å². The molecule has 3 aromatic rings. The Balaban J connectivity index is 1.48. The maximum atomic E-state index is 12.2. The van der Waals surface area contributed by atoms with Crippen LogP contribution in [0.2, 0.25) is 0 Å². The van der Waals surface area contributed by atoms with Crippen molar-refractivity contribution in [2.24, 2.45) is 0 Å². The van der Waals surface area contributed by atoms with Crippen LogP contribution in [-0.4, -0.2) is 31.1 Å². The highest BCUT2D eigenvalue weighted by Gasteiger charge is 2.29. The average Bonchev–Trinajstić information content (AvgIpc) is 2.67. The van der Waals surface area contributed by atoms with Gasteiger partial charge in [0.15, 0.2) is 0 Å². The number of benzene rings is 2. The van der Waals surface area contributed by atoms with E-state index in [0.29, 0.717) is 11.3 Å². The first kappa shape index (κ1) is 15.8. The quantitative estimate of drug-likeness (QED) is 0.687. The van der Waals surface area contributed by atoms with Gasteiger partial charge in [-0.3, -0.25) is 14.5 Å². The molecule has 4 rings (SSSR count). The topological polar surface area (TPSA) is 40.6 Å². The fraction of sp³-hybridized carbons (Fsp3) is 0.238. The maximum Gasteiger partial charge on any atom is 0.250 e. The fourth-order valence-corrected chi connectivity index (χ4v) is 3.53. The summed E-state index contributed by atoms with van der Waals surface area (Å²) in [7, 11) is 0. The molecule has 1 heterocycles. The maximum absolute atomic E-state index is 12.2. The van der Waals surface area contributed by atoms with Crippen LogP contribution in [0.15, 0.2) is 70.3 Å². The number of rotatable bonds is 4. The molecule has 0 N–H and O–H groups in total. The Morgan fingerprint density at radius 3 is 1.96 bits per heavy atom. The minimum atomic E-state index is -0.354. The molecule has 25 heavy (non-hydrogen) atoms. The summed E-state index contributed by atoms with van der Waals surface area (Å²) >= 11 is 0. The molecule has 0 saturated carbocycles. The van der Waals surface area contributed by atoms with E-state index in [9.17, 15) is 9.59 Å². The standard InChI is InChI=1S/C21H20N2O2/c24-20-18(17-9-5-2-6-10-17)19(21(20)25)23-13-11-22(12-14-23)15-16-7-3-1-4-8-16/h1-10H,11-15H2. The molecular formula is C21H20N2O2. The third-order valence-electron chi connectivity index (χ3n) is 4.89. The highest BCUT2D eigenvalue weighted by Crippen LogP contribution is 2.27. The summed E-state index contributed by atoms with van der Waals surface area (Å²) in [5.41, 5.74) is 2.64. The van der Waals surface area contributed by atoms with Crippen LogP contribution in [0.3, 0.4) is 0 Å². The predicted molar refractivity (Wildman–Crippen MR) is 101 cm³/mol. The van der Waals surface area contributed by atoms with Gasteiger partial charge in [-0.05, 0) is 11.1 Å². The van der Waals surface area contributed by atoms with Gasteiger partial charge in [0.25, 0.3) is 0 Å². The van der Waals surface area contributed by atoms with E-state index in [4.69, 9.17) is 0 Å². The first-order chi connectivity index (χ1) is 12.2. The highest BCUT2D eigenvalue weighted by molar-refractivity contribution is 5.82. The van der Waals surface area contributed by atoms with Gasteiger partial charge in [-0.1, -0.05) is 60.7 Å². The van der Waals surface area contributed by atoms with Crippen LogP contribution in [0.5, 0.6) is 0 Å². The van der Waals surface area contributed by atoms with Gasteiger partial charge in [0.2, 0.25) is 10.9 Å². The van der Waals surface area contributed by atoms with E-state index in [-0.39, 0.29) is 10.9 Å². The van der Waals surface area contributed by atoms with Crippen LogP contribution >= 0.6 is 0 Å². The van der Waals surface area contributed by atoms with Crippen molar-refractivity contribution in [2.75, 3.05) is 31.1 Å². The molecule has 4 heteroatoms. The van der Waals surface area contributed by atoms with Crippen LogP contribution < -0.4 is 15.8 Å². The Morgan fingerprint density at radius 1 is 0.720 bits per heavy atom. The Hall–Kier alpha value is -2.72. The largest absolute Gasteiger partial charge is 0.365 e. The molecular weight excluding hydrogens is 312 g/mol. The lowest BCUT2D eigenvalue weighted by Crippen LogP contribution is -2.51. The number of hydrogen-bond acceptors (Lipinski definition) is 4. The van der Waals surface area contributed by atoms with Crippen molar-refractivity contribution in [1.29, 1.82) is 0 Å². The second-order valence-electron chi connectivity index (χ2n) is 6.50. The summed E-state index contributed by atoms with van der Waals surface area (Å²) in [5, 5.41) is 0. The minimum Gasteiger partial charge on any atom is -0.365 e. The van der Waals surface area contributed by atoms with Gasteiger partial charge in [-0.2, -0.15) is 0 Å². The summed E-state index contributed by atoms with van der Waals surface area (Å²) in [6.07, 6.45) is 0. The van der Waals surface area contributed by atoms with Crippen molar-refractivity contribution < 1.29 is 0 Å². The van der Waals surface area contributed by atoms with Crippen LogP contribution in [0.1, 0.15) is 5.56 Å². The lowest BCUT2D eigenvalue weighted by atomic mass is 9.97. The third kappa shape index (κ3) is 3.01. The fourth-order valence-electron chi connectivity index (χ4n) is 3.53. The molecule has 1 saturated heterocycles. The van der Waals surface area contributed by atoms with Gasteiger partial charge in [0.05, 0.1) is 5.56 Å². The zero-order chi connectivity index (χ0) is 17.2. The van der Waals surface area contributed by atoms with Gasteiger partial charge < -0.3 is 4.90 Å². The second-order valence-corrected chi connectivity index (χ2v) is 6.50. The number of anilines is 1. The van der Waals surface area contributed by atoms with Crippen molar-refractivity contribution in [2.45, 2.75) is 6.54 Å². The Kier molecular flexibility index (Phi) is 4.20. The Morgan fingerprint density at radius 2 is 1.32 bits per heavy atom. The average molecular weight is 332 g/mol. The number of hydrogen-bond donors (Lipinski definition) is 0. The van der Waals surface area contributed by atoms with E-state index in [2.05, 4.69) is 34.1 Å². The molecule has 0 radical (unpaired) electrons. The molecule has 0 spiro atoms. The summed E-state index contributed by atoms with van der Waals surface area (Å²) in [4.78, 5) is 28.7. The minimum absolute atomic E-state index is 0.338. The van der Waals surface area contributed by atoms with Crippen molar-refractivity contribution in [1.82, 2.24) is 4.90 Å². The van der Waals surface area contributed by atoms with Crippen LogP contribution in [0.4, 0.5) is 5.69 Å². The molecule has 0 aromatic heterocycles. The van der Waals surface area contributed by atoms with Crippen LogP contribution in [0.25, 0.3) is 11.1 Å². The van der Waals surface area contributed by atoms with Crippen molar-refractivity contribution in [3.05, 3.63) is 86.7 Å². The predicted octanol–water partition coefficient (Wildman–Crippen LogP) is 2.27. The molecule has 0 aliphatic carbocycles.